The molecule has 4 nitrogen and oxygen atoms in total. The molecule has 5 heteroatoms. The van der Waals surface area contributed by atoms with Crippen LogP contribution in [-0.4, -0.2) is 11.8 Å². The van der Waals surface area contributed by atoms with Gasteiger partial charge in [0.25, 0.3) is 0 Å². The largest absolute Gasteiger partial charge is 0.350 e. The predicted octanol–water partition coefficient (Wildman–Crippen LogP) is 4.24. The summed E-state index contributed by atoms with van der Waals surface area (Å²) in [5.74, 6) is -0.108. The fraction of sp³-hybridized carbons (Fsp3) is 0.100. The van der Waals surface area contributed by atoms with E-state index in [-0.39, 0.29) is 44.5 Å². The van der Waals surface area contributed by atoms with Gasteiger partial charge < -0.3 is 10.6 Å². The zero-order valence-electron chi connectivity index (χ0n) is 14.2. The number of benzene rings is 3. The Labute approximate surface area is 172 Å². The number of nitrogens with one attached hydrogen (secondary N) is 2. The summed E-state index contributed by atoms with van der Waals surface area (Å²) in [5, 5.41) is 7.63. The summed E-state index contributed by atoms with van der Waals surface area (Å²) in [6, 6.07) is 24.0. The first-order chi connectivity index (χ1) is 11.6. The maximum atomic E-state index is 10.9. The summed E-state index contributed by atoms with van der Waals surface area (Å²) in [6.45, 7) is 2.99. The molecule has 0 atom stereocenters. The van der Waals surface area contributed by atoms with E-state index in [1.807, 2.05) is 54.6 Å². The van der Waals surface area contributed by atoms with Crippen LogP contribution in [0.3, 0.4) is 0 Å². The van der Waals surface area contributed by atoms with Gasteiger partial charge in [0.05, 0.1) is 0 Å². The zero-order valence-corrected chi connectivity index (χ0v) is 17.1. The Morgan fingerprint density at radius 3 is 2.08 bits per heavy atom. The van der Waals surface area contributed by atoms with Gasteiger partial charge in [-0.25, -0.2) is 0 Å². The molecule has 0 aliphatic rings. The first kappa shape index (κ1) is 21.0. The molecule has 2 N–H and O–H groups in total. The maximum absolute atomic E-state index is 10.9. The summed E-state index contributed by atoms with van der Waals surface area (Å²) in [7, 11) is 0. The van der Waals surface area contributed by atoms with Crippen molar-refractivity contribution in [2.24, 2.45) is 0 Å². The van der Waals surface area contributed by atoms with Crippen LogP contribution in [0.5, 0.6) is 0 Å². The van der Waals surface area contributed by atoms with E-state index in [2.05, 4.69) is 16.7 Å². The summed E-state index contributed by atoms with van der Waals surface area (Å²) in [6.07, 6.45) is 0. The molecule has 0 aliphatic heterocycles. The Bertz CT molecular complexity index is 830. The number of amides is 2. The molecular weight excluding hydrogens is 389 g/mol. The van der Waals surface area contributed by atoms with E-state index in [9.17, 15) is 9.59 Å². The van der Waals surface area contributed by atoms with Gasteiger partial charge in [-0.3, -0.25) is 9.59 Å². The summed E-state index contributed by atoms with van der Waals surface area (Å²) >= 11 is 0. The monoisotopic (exact) mass is 408 g/mol. The molecule has 2 amide bonds. The van der Waals surface area contributed by atoms with Crippen LogP contribution in [0.2, 0.25) is 0 Å². The van der Waals surface area contributed by atoms with Crippen molar-refractivity contribution in [1.82, 2.24) is 0 Å². The van der Waals surface area contributed by atoms with Crippen LogP contribution in [0.4, 0.5) is 11.4 Å². The Morgan fingerprint density at radius 2 is 1.44 bits per heavy atom. The molecule has 1 radical (unpaired) electrons. The van der Waals surface area contributed by atoms with E-state index >= 15 is 0 Å². The van der Waals surface area contributed by atoms with Gasteiger partial charge in [0.15, 0.2) is 0 Å². The number of hydrogen-bond acceptors (Lipinski definition) is 2. The third-order valence-corrected chi connectivity index (χ3v) is 3.12. The quantitative estimate of drug-likeness (QED) is 0.624. The molecule has 0 bridgehead atoms. The van der Waals surface area contributed by atoms with Crippen molar-refractivity contribution in [1.29, 1.82) is 0 Å². The van der Waals surface area contributed by atoms with Crippen LogP contribution in [0, 0.1) is 6.07 Å². The van der Waals surface area contributed by atoms with Gasteiger partial charge in [0.1, 0.15) is 0 Å². The Hall–Kier alpha value is -2.04. The first-order valence-electron chi connectivity index (χ1n) is 7.56. The second-order valence-corrected chi connectivity index (χ2v) is 5.17. The summed E-state index contributed by atoms with van der Waals surface area (Å²) in [4.78, 5) is 21.4. The molecule has 0 saturated heterocycles. The predicted molar refractivity (Wildman–Crippen MR) is 97.8 cm³/mol. The third kappa shape index (κ3) is 7.16. The maximum Gasteiger partial charge on any atom is 0.221 e. The topological polar surface area (TPSA) is 58.2 Å². The van der Waals surface area contributed by atoms with E-state index in [1.54, 1.807) is 12.1 Å². The van der Waals surface area contributed by atoms with Crippen molar-refractivity contribution in [3.8, 4) is 0 Å². The zero-order chi connectivity index (χ0) is 17.4. The molecular formula is C20H19N2O2Y-. The van der Waals surface area contributed by atoms with Crippen LogP contribution < -0.4 is 10.6 Å². The third-order valence-electron chi connectivity index (χ3n) is 3.12. The molecule has 0 saturated carbocycles. The minimum absolute atomic E-state index is 0. The van der Waals surface area contributed by atoms with E-state index in [0.29, 0.717) is 0 Å². The molecule has 125 valence electrons. The summed E-state index contributed by atoms with van der Waals surface area (Å²) < 4.78 is 0. The van der Waals surface area contributed by atoms with Crippen molar-refractivity contribution in [2.45, 2.75) is 13.8 Å². The average molecular weight is 408 g/mol. The van der Waals surface area contributed by atoms with Crippen molar-refractivity contribution < 1.29 is 42.3 Å². The molecule has 0 unspecified atom stereocenters. The average Bonchev–Trinajstić information content (AvgIpc) is 2.56. The number of hydrogen-bond donors (Lipinski definition) is 2. The van der Waals surface area contributed by atoms with Crippen LogP contribution in [0.15, 0.2) is 66.7 Å². The molecule has 0 aliphatic carbocycles. The van der Waals surface area contributed by atoms with Gasteiger partial charge in [-0.2, -0.15) is 24.3 Å². The van der Waals surface area contributed by atoms with Crippen molar-refractivity contribution in [2.75, 3.05) is 10.6 Å². The minimum atomic E-state index is -0.0672. The van der Waals surface area contributed by atoms with E-state index in [1.165, 1.54) is 13.8 Å². The minimum Gasteiger partial charge on any atom is -0.350 e. The normalized spacial score (nSPS) is 9.20. The number of fused-ring (bicyclic) bond motifs is 1. The van der Waals surface area contributed by atoms with E-state index in [4.69, 9.17) is 0 Å². The van der Waals surface area contributed by atoms with Crippen molar-refractivity contribution in [3.63, 3.8) is 0 Å². The van der Waals surface area contributed by atoms with Crippen LogP contribution in [0.1, 0.15) is 13.8 Å². The molecule has 3 aromatic carbocycles. The van der Waals surface area contributed by atoms with Gasteiger partial charge in [-0.05, 0) is 11.5 Å². The van der Waals surface area contributed by atoms with Gasteiger partial charge in [-0.15, -0.1) is 6.07 Å². The molecule has 0 spiro atoms. The first-order valence-corrected chi connectivity index (χ1v) is 7.56. The SMILES string of the molecule is CC(=O)Nc1[c-]cccc1.CC(=O)Nc1cccc2ccccc12.[Y]. The van der Waals surface area contributed by atoms with Gasteiger partial charge in [0, 0.05) is 57.6 Å². The fourth-order valence-electron chi connectivity index (χ4n) is 2.18. The van der Waals surface area contributed by atoms with Crippen LogP contribution >= 0.6 is 0 Å². The molecule has 3 rings (SSSR count). The Balaban J connectivity index is 0.000000254. The number of anilines is 2. The van der Waals surface area contributed by atoms with Crippen LogP contribution in [0.25, 0.3) is 10.8 Å². The molecule has 3 aromatic rings. The second-order valence-electron chi connectivity index (χ2n) is 5.17. The molecule has 0 fully saturated rings. The van der Waals surface area contributed by atoms with E-state index < -0.39 is 0 Å². The van der Waals surface area contributed by atoms with Crippen LogP contribution in [-0.2, 0) is 42.3 Å². The summed E-state index contributed by atoms with van der Waals surface area (Å²) in [5.41, 5.74) is 1.59. The van der Waals surface area contributed by atoms with Gasteiger partial charge in [0.2, 0.25) is 11.8 Å². The number of para-hydroxylation sites is 1. The van der Waals surface area contributed by atoms with Gasteiger partial charge >= 0.3 is 0 Å². The Morgan fingerprint density at radius 1 is 0.800 bits per heavy atom. The smallest absolute Gasteiger partial charge is 0.221 e. The van der Waals surface area contributed by atoms with Crippen molar-refractivity contribution >= 4 is 34.0 Å². The molecule has 0 heterocycles. The number of carbonyl (C=O) groups is 2. The molecule has 25 heavy (non-hydrogen) atoms. The standard InChI is InChI=1S/C12H11NO.C8H8NO.Y/c1-9(14)13-12-8-4-6-10-5-2-3-7-11(10)12;1-7(10)9-8-5-3-2-4-6-8;/h2-8H,1H3,(H,13,14);2-5H,1H3,(H,9,10);/q;-1;. The Kier molecular flexibility index (Phi) is 9.03. The van der Waals surface area contributed by atoms with Gasteiger partial charge in [-0.1, -0.05) is 42.1 Å². The van der Waals surface area contributed by atoms with Crippen molar-refractivity contribution in [3.05, 3.63) is 72.8 Å². The molecule has 0 aromatic heterocycles. The number of carbonyl (C=O) groups excluding carboxylic acids is 2. The second kappa shape index (κ2) is 10.8. The fourth-order valence-corrected chi connectivity index (χ4v) is 2.18. The number of rotatable bonds is 2. The van der Waals surface area contributed by atoms with E-state index in [0.717, 1.165) is 22.1 Å².